The Hall–Kier alpha value is -1.62. The van der Waals surface area contributed by atoms with Crippen LogP contribution in [0.2, 0.25) is 0 Å². The zero-order chi connectivity index (χ0) is 13.4. The van der Waals surface area contributed by atoms with Crippen molar-refractivity contribution in [3.8, 4) is 0 Å². The predicted octanol–water partition coefficient (Wildman–Crippen LogP) is 0.918. The van der Waals surface area contributed by atoms with E-state index in [9.17, 15) is 9.59 Å². The van der Waals surface area contributed by atoms with Gasteiger partial charge in [-0.05, 0) is 32.3 Å². The van der Waals surface area contributed by atoms with E-state index in [4.69, 9.17) is 4.74 Å². The van der Waals surface area contributed by atoms with Gasteiger partial charge in [0, 0.05) is 24.4 Å². The minimum Gasteiger partial charge on any atom is -0.373 e. The summed E-state index contributed by atoms with van der Waals surface area (Å²) in [5.41, 5.74) is 0.289. The highest BCUT2D eigenvalue weighted by atomic mass is 16.5. The zero-order valence-electron chi connectivity index (χ0n) is 11.0. The molecule has 1 amide bonds. The molecule has 3 heterocycles. The van der Waals surface area contributed by atoms with E-state index in [2.05, 4.69) is 5.32 Å². The summed E-state index contributed by atoms with van der Waals surface area (Å²) in [7, 11) is 0. The number of nitrogens with one attached hydrogen (secondary N) is 1. The lowest BCUT2D eigenvalue weighted by molar-refractivity contribution is 0.0840. The molecule has 1 aromatic rings. The van der Waals surface area contributed by atoms with E-state index in [1.54, 1.807) is 16.8 Å². The van der Waals surface area contributed by atoms with Crippen molar-refractivity contribution in [2.75, 3.05) is 0 Å². The first kappa shape index (κ1) is 12.4. The van der Waals surface area contributed by atoms with Gasteiger partial charge >= 0.3 is 0 Å². The fourth-order valence-electron chi connectivity index (χ4n) is 2.95. The van der Waals surface area contributed by atoms with Gasteiger partial charge in [-0.3, -0.25) is 9.59 Å². The van der Waals surface area contributed by atoms with Crippen LogP contribution in [0.4, 0.5) is 0 Å². The van der Waals surface area contributed by atoms with Gasteiger partial charge < -0.3 is 14.6 Å². The summed E-state index contributed by atoms with van der Waals surface area (Å²) in [5.74, 6) is -0.179. The summed E-state index contributed by atoms with van der Waals surface area (Å²) in [5, 5.41) is 2.98. The Morgan fingerprint density at radius 1 is 1.53 bits per heavy atom. The molecule has 2 aliphatic rings. The number of fused-ring (bicyclic) bond motifs is 2. The van der Waals surface area contributed by atoms with Gasteiger partial charge in [-0.2, -0.15) is 0 Å². The summed E-state index contributed by atoms with van der Waals surface area (Å²) >= 11 is 0. The molecule has 0 spiro atoms. The maximum atomic E-state index is 12.1. The monoisotopic (exact) mass is 262 g/mol. The Kier molecular flexibility index (Phi) is 3.14. The third kappa shape index (κ3) is 2.30. The van der Waals surface area contributed by atoms with Gasteiger partial charge in [0.05, 0.1) is 18.2 Å². The molecule has 19 heavy (non-hydrogen) atoms. The molecule has 2 fully saturated rings. The molecule has 0 aliphatic carbocycles. The number of carbonyl (C=O) groups excluding carboxylic acids is 1. The molecule has 2 bridgehead atoms. The van der Waals surface area contributed by atoms with Crippen LogP contribution < -0.4 is 10.9 Å². The van der Waals surface area contributed by atoms with E-state index in [0.29, 0.717) is 18.2 Å². The molecule has 5 nitrogen and oxygen atoms in total. The van der Waals surface area contributed by atoms with Crippen molar-refractivity contribution in [3.05, 3.63) is 34.2 Å². The Morgan fingerprint density at radius 3 is 2.95 bits per heavy atom. The smallest absolute Gasteiger partial charge is 0.251 e. The van der Waals surface area contributed by atoms with Crippen LogP contribution >= 0.6 is 0 Å². The van der Waals surface area contributed by atoms with Crippen molar-refractivity contribution in [2.24, 2.45) is 0 Å². The average molecular weight is 262 g/mol. The number of ether oxygens (including phenoxy) is 1. The fraction of sp³-hybridized carbons (Fsp3) is 0.571. The number of amides is 1. The van der Waals surface area contributed by atoms with Crippen molar-refractivity contribution < 1.29 is 9.53 Å². The van der Waals surface area contributed by atoms with Crippen LogP contribution in [0.5, 0.6) is 0 Å². The normalized spacial score (nSPS) is 28.6. The van der Waals surface area contributed by atoms with E-state index in [1.165, 1.54) is 6.07 Å². The van der Waals surface area contributed by atoms with Gasteiger partial charge in [-0.1, -0.05) is 0 Å². The Balaban J connectivity index is 1.70. The third-order valence-electron chi connectivity index (χ3n) is 4.02. The second-order valence-corrected chi connectivity index (χ2v) is 5.23. The number of rotatable bonds is 3. The van der Waals surface area contributed by atoms with Gasteiger partial charge in [0.1, 0.15) is 0 Å². The first-order chi connectivity index (χ1) is 9.17. The lowest BCUT2D eigenvalue weighted by atomic mass is 9.95. The molecule has 0 radical (unpaired) electrons. The van der Waals surface area contributed by atoms with E-state index in [1.807, 2.05) is 6.92 Å². The van der Waals surface area contributed by atoms with Crippen LogP contribution in [0.25, 0.3) is 0 Å². The van der Waals surface area contributed by atoms with Crippen molar-refractivity contribution in [2.45, 2.75) is 51.0 Å². The van der Waals surface area contributed by atoms with Crippen LogP contribution in [0.1, 0.15) is 36.5 Å². The molecule has 102 valence electrons. The summed E-state index contributed by atoms with van der Waals surface area (Å²) < 4.78 is 7.27. The van der Waals surface area contributed by atoms with Crippen LogP contribution in [0, 0.1) is 0 Å². The lowest BCUT2D eigenvalue weighted by Crippen LogP contribution is -2.41. The van der Waals surface area contributed by atoms with Crippen LogP contribution in [-0.2, 0) is 11.3 Å². The summed E-state index contributed by atoms with van der Waals surface area (Å²) in [6.07, 6.45) is 5.14. The Morgan fingerprint density at radius 2 is 2.37 bits per heavy atom. The van der Waals surface area contributed by atoms with Crippen LogP contribution in [0.3, 0.4) is 0 Å². The molecule has 2 aliphatic heterocycles. The number of hydrogen-bond donors (Lipinski definition) is 1. The number of carbonyl (C=O) groups is 1. The highest BCUT2D eigenvalue weighted by molar-refractivity contribution is 5.94. The highest BCUT2D eigenvalue weighted by Gasteiger charge is 2.41. The number of aryl methyl sites for hydroxylation is 1. The summed E-state index contributed by atoms with van der Waals surface area (Å²) in [6, 6.07) is 3.18. The zero-order valence-corrected chi connectivity index (χ0v) is 11.0. The van der Waals surface area contributed by atoms with Crippen molar-refractivity contribution in [3.63, 3.8) is 0 Å². The second-order valence-electron chi connectivity index (χ2n) is 5.23. The largest absolute Gasteiger partial charge is 0.373 e. The third-order valence-corrected chi connectivity index (χ3v) is 4.02. The van der Waals surface area contributed by atoms with E-state index < -0.39 is 0 Å². The molecule has 1 N–H and O–H groups in total. The van der Waals surface area contributed by atoms with Crippen LogP contribution in [-0.4, -0.2) is 28.7 Å². The maximum Gasteiger partial charge on any atom is 0.251 e. The van der Waals surface area contributed by atoms with Gasteiger partial charge in [-0.15, -0.1) is 0 Å². The molecular formula is C14H18N2O3. The number of pyridine rings is 1. The van der Waals surface area contributed by atoms with E-state index >= 15 is 0 Å². The average Bonchev–Trinajstić information content (AvgIpc) is 3.00. The first-order valence-electron chi connectivity index (χ1n) is 6.84. The summed E-state index contributed by atoms with van der Waals surface area (Å²) in [4.78, 5) is 23.8. The quantitative estimate of drug-likeness (QED) is 0.881. The molecule has 0 saturated carbocycles. The molecular weight excluding hydrogens is 244 g/mol. The predicted molar refractivity (Wildman–Crippen MR) is 70.1 cm³/mol. The van der Waals surface area contributed by atoms with E-state index in [0.717, 1.165) is 19.3 Å². The molecule has 0 aromatic carbocycles. The lowest BCUT2D eigenvalue weighted by Gasteiger charge is -2.20. The minimum atomic E-state index is -0.179. The number of nitrogens with zero attached hydrogens (tertiary/aromatic N) is 1. The van der Waals surface area contributed by atoms with Gasteiger partial charge in [-0.25, -0.2) is 0 Å². The van der Waals surface area contributed by atoms with Gasteiger partial charge in [0.25, 0.3) is 11.5 Å². The van der Waals surface area contributed by atoms with Crippen molar-refractivity contribution in [1.29, 1.82) is 0 Å². The van der Waals surface area contributed by atoms with Gasteiger partial charge in [0.2, 0.25) is 0 Å². The highest BCUT2D eigenvalue weighted by Crippen LogP contribution is 2.34. The number of aromatic nitrogens is 1. The molecule has 3 rings (SSSR count). The fourth-order valence-corrected chi connectivity index (χ4v) is 2.95. The minimum absolute atomic E-state index is 0.0971. The van der Waals surface area contributed by atoms with Crippen molar-refractivity contribution >= 4 is 5.91 Å². The first-order valence-corrected chi connectivity index (χ1v) is 6.84. The molecule has 3 atom stereocenters. The van der Waals surface area contributed by atoms with Gasteiger partial charge in [0.15, 0.2) is 0 Å². The molecule has 0 unspecified atom stereocenters. The maximum absolute atomic E-state index is 12.1. The number of hydrogen-bond acceptors (Lipinski definition) is 3. The molecule has 2 saturated heterocycles. The summed E-state index contributed by atoms with van der Waals surface area (Å²) in [6.45, 7) is 2.51. The SMILES string of the molecule is CCn1ccc(C(=O)N[C@@H]2C[C@@H]3CC[C@H]2O3)cc1=O. The van der Waals surface area contributed by atoms with Crippen LogP contribution in [0.15, 0.2) is 23.1 Å². The Bertz CT molecular complexity index is 552. The standard InChI is InChI=1S/C14H18N2O3/c1-2-16-6-5-9(7-13(16)17)14(18)15-11-8-10-3-4-12(11)19-10/h5-7,10-12H,2-4,8H2,1H3,(H,15,18)/t10-,11+,12+/m0/s1. The Labute approximate surface area is 111 Å². The second kappa shape index (κ2) is 4.81. The molecule has 1 aromatic heterocycles. The van der Waals surface area contributed by atoms with Crippen molar-refractivity contribution in [1.82, 2.24) is 9.88 Å². The van der Waals surface area contributed by atoms with E-state index in [-0.39, 0.29) is 23.6 Å². The molecule has 5 heteroatoms. The topological polar surface area (TPSA) is 60.3 Å².